The molecule has 86 valence electrons. The second-order valence-electron chi connectivity index (χ2n) is 4.22. The van der Waals surface area contributed by atoms with Gasteiger partial charge in [-0.3, -0.25) is 0 Å². The monoisotopic (exact) mass is 213 g/mol. The van der Waals surface area contributed by atoms with E-state index < -0.39 is 0 Å². The van der Waals surface area contributed by atoms with Crippen molar-refractivity contribution in [1.29, 1.82) is 0 Å². The van der Waals surface area contributed by atoms with Gasteiger partial charge in [-0.1, -0.05) is 19.0 Å². The van der Waals surface area contributed by atoms with Crippen LogP contribution in [0.15, 0.2) is 5.11 Å². The van der Waals surface area contributed by atoms with E-state index in [4.69, 9.17) is 15.0 Å². The van der Waals surface area contributed by atoms with Crippen molar-refractivity contribution in [2.75, 3.05) is 13.7 Å². The highest BCUT2D eigenvalue weighted by Gasteiger charge is 2.41. The lowest BCUT2D eigenvalue weighted by Gasteiger charge is -2.23. The van der Waals surface area contributed by atoms with Crippen LogP contribution in [0.5, 0.6) is 0 Å². The molecule has 1 aliphatic rings. The summed E-state index contributed by atoms with van der Waals surface area (Å²) in [5.41, 5.74) is 8.45. The normalized spacial score (nSPS) is 37.3. The van der Waals surface area contributed by atoms with E-state index in [1.54, 1.807) is 7.11 Å². The molecule has 1 rings (SSSR count). The highest BCUT2D eigenvalue weighted by molar-refractivity contribution is 4.91. The van der Waals surface area contributed by atoms with Crippen LogP contribution in [-0.4, -0.2) is 32.0 Å². The van der Waals surface area contributed by atoms with Crippen molar-refractivity contribution in [3.8, 4) is 0 Å². The van der Waals surface area contributed by atoms with Crippen molar-refractivity contribution in [2.24, 2.45) is 17.0 Å². The Hall–Kier alpha value is -0.770. The summed E-state index contributed by atoms with van der Waals surface area (Å²) >= 11 is 0. The zero-order chi connectivity index (χ0) is 11.4. The topological polar surface area (TPSA) is 67.2 Å². The van der Waals surface area contributed by atoms with Crippen LogP contribution in [0.4, 0.5) is 0 Å². The zero-order valence-corrected chi connectivity index (χ0v) is 9.75. The first-order valence-corrected chi connectivity index (χ1v) is 5.30. The van der Waals surface area contributed by atoms with Gasteiger partial charge >= 0.3 is 0 Å². The molecule has 5 atom stereocenters. The van der Waals surface area contributed by atoms with Crippen LogP contribution in [0.25, 0.3) is 10.4 Å². The van der Waals surface area contributed by atoms with Crippen LogP contribution in [0.1, 0.15) is 20.8 Å². The van der Waals surface area contributed by atoms with E-state index in [-0.39, 0.29) is 24.2 Å². The summed E-state index contributed by atoms with van der Waals surface area (Å²) in [6.07, 6.45) is 0.243. The minimum Gasteiger partial charge on any atom is -0.382 e. The fraction of sp³-hybridized carbons (Fsp3) is 1.00. The van der Waals surface area contributed by atoms with Crippen molar-refractivity contribution < 1.29 is 9.47 Å². The van der Waals surface area contributed by atoms with Gasteiger partial charge in [-0.25, -0.2) is 0 Å². The second-order valence-corrected chi connectivity index (χ2v) is 4.22. The van der Waals surface area contributed by atoms with Gasteiger partial charge in [0.25, 0.3) is 0 Å². The van der Waals surface area contributed by atoms with Crippen molar-refractivity contribution in [1.82, 2.24) is 0 Å². The van der Waals surface area contributed by atoms with Gasteiger partial charge in [-0.15, -0.1) is 0 Å². The molecule has 1 fully saturated rings. The molecule has 0 aliphatic carbocycles. The van der Waals surface area contributed by atoms with E-state index >= 15 is 0 Å². The molecular weight excluding hydrogens is 194 g/mol. The quantitative estimate of drug-likeness (QED) is 0.408. The van der Waals surface area contributed by atoms with Gasteiger partial charge in [0, 0.05) is 24.0 Å². The molecule has 0 spiro atoms. The highest BCUT2D eigenvalue weighted by Crippen LogP contribution is 2.35. The number of hydrogen-bond donors (Lipinski definition) is 0. The van der Waals surface area contributed by atoms with E-state index in [9.17, 15) is 0 Å². The lowest BCUT2D eigenvalue weighted by atomic mass is 9.84. The highest BCUT2D eigenvalue weighted by atomic mass is 16.5. The Morgan fingerprint density at radius 2 is 2.20 bits per heavy atom. The summed E-state index contributed by atoms with van der Waals surface area (Å²) in [7, 11) is 1.66. The lowest BCUT2D eigenvalue weighted by Crippen LogP contribution is -2.31. The summed E-state index contributed by atoms with van der Waals surface area (Å²) < 4.78 is 10.9. The van der Waals surface area contributed by atoms with Crippen molar-refractivity contribution >= 4 is 0 Å². The smallest absolute Gasteiger partial charge is 0.0847 e. The molecule has 0 aromatic heterocycles. The molecule has 0 N–H and O–H groups in total. The minimum atomic E-state index is -0.0462. The Morgan fingerprint density at radius 3 is 2.73 bits per heavy atom. The van der Waals surface area contributed by atoms with Crippen LogP contribution >= 0.6 is 0 Å². The molecule has 15 heavy (non-hydrogen) atoms. The molecule has 5 heteroatoms. The van der Waals surface area contributed by atoms with Gasteiger partial charge in [-0.2, -0.15) is 0 Å². The Morgan fingerprint density at radius 1 is 1.53 bits per heavy atom. The van der Waals surface area contributed by atoms with E-state index in [0.29, 0.717) is 12.5 Å². The maximum atomic E-state index is 8.45. The maximum absolute atomic E-state index is 8.45. The third-order valence-corrected chi connectivity index (χ3v) is 3.29. The molecule has 5 nitrogen and oxygen atoms in total. The van der Waals surface area contributed by atoms with Crippen molar-refractivity contribution in [3.63, 3.8) is 0 Å². The van der Waals surface area contributed by atoms with Gasteiger partial charge < -0.3 is 9.47 Å². The fourth-order valence-electron chi connectivity index (χ4n) is 2.36. The van der Waals surface area contributed by atoms with Crippen molar-refractivity contribution in [2.45, 2.75) is 39.0 Å². The van der Waals surface area contributed by atoms with E-state index in [2.05, 4.69) is 23.9 Å². The number of rotatable bonds is 4. The Balaban J connectivity index is 2.75. The predicted molar refractivity (Wildman–Crippen MR) is 57.5 cm³/mol. The molecular formula is C10H19N3O2. The molecule has 0 bridgehead atoms. The van der Waals surface area contributed by atoms with Crippen molar-refractivity contribution in [3.05, 3.63) is 10.4 Å². The fourth-order valence-corrected chi connectivity index (χ4v) is 2.36. The largest absolute Gasteiger partial charge is 0.382 e. The predicted octanol–water partition coefficient (Wildman–Crippen LogP) is 2.37. The minimum absolute atomic E-state index is 0.0421. The first kappa shape index (κ1) is 12.3. The number of ether oxygens (including phenoxy) is 2. The first-order chi connectivity index (χ1) is 7.11. The number of azide groups is 1. The van der Waals surface area contributed by atoms with Crippen LogP contribution in [0, 0.1) is 11.8 Å². The molecule has 1 aliphatic heterocycles. The summed E-state index contributed by atoms with van der Waals surface area (Å²) in [5.74, 6) is 0.640. The second kappa shape index (κ2) is 5.35. The number of hydrogen-bond acceptors (Lipinski definition) is 3. The Kier molecular flexibility index (Phi) is 4.39. The molecule has 0 aromatic rings. The average Bonchev–Trinajstić information content (AvgIpc) is 2.44. The first-order valence-electron chi connectivity index (χ1n) is 5.30. The zero-order valence-electron chi connectivity index (χ0n) is 9.75. The van der Waals surface area contributed by atoms with Crippen LogP contribution in [-0.2, 0) is 9.47 Å². The molecule has 0 saturated carbocycles. The van der Waals surface area contributed by atoms with E-state index in [1.165, 1.54) is 0 Å². The van der Waals surface area contributed by atoms with E-state index in [1.807, 2.05) is 6.92 Å². The van der Waals surface area contributed by atoms with Gasteiger partial charge in [0.1, 0.15) is 0 Å². The third kappa shape index (κ3) is 2.62. The number of nitrogens with zero attached hydrogens (tertiary/aromatic N) is 3. The summed E-state index contributed by atoms with van der Waals surface area (Å²) in [4.78, 5) is 2.86. The van der Waals surface area contributed by atoms with E-state index in [0.717, 1.165) is 0 Å². The third-order valence-electron chi connectivity index (χ3n) is 3.29. The maximum Gasteiger partial charge on any atom is 0.0847 e. The van der Waals surface area contributed by atoms with Crippen LogP contribution in [0.3, 0.4) is 0 Å². The van der Waals surface area contributed by atoms with Crippen LogP contribution in [0.2, 0.25) is 0 Å². The lowest BCUT2D eigenvalue weighted by molar-refractivity contribution is -0.0105. The summed E-state index contributed by atoms with van der Waals surface area (Å²) in [6, 6.07) is -0.0462. The molecule has 0 amide bonds. The van der Waals surface area contributed by atoms with Gasteiger partial charge in [0.2, 0.25) is 0 Å². The number of methoxy groups -OCH3 is 1. The van der Waals surface area contributed by atoms with Gasteiger partial charge in [0.15, 0.2) is 0 Å². The van der Waals surface area contributed by atoms with Gasteiger partial charge in [-0.05, 0) is 18.4 Å². The Labute approximate surface area is 90.4 Å². The van der Waals surface area contributed by atoms with Gasteiger partial charge in [0.05, 0.1) is 18.8 Å². The summed E-state index contributed by atoms with van der Waals surface area (Å²) in [5, 5.41) is 3.77. The molecule has 0 aromatic carbocycles. The molecule has 0 radical (unpaired) electrons. The Bertz CT molecular complexity index is 253. The average molecular weight is 213 g/mol. The standard InChI is InChI=1S/C10H19N3O2/c1-6-8(3)15-9(5-14-4)10(6)7(2)12-13-11/h6-10H,5H2,1-4H3. The summed E-state index contributed by atoms with van der Waals surface area (Å²) in [6.45, 7) is 6.68. The molecule has 1 heterocycles. The van der Waals surface area contributed by atoms with Crippen LogP contribution < -0.4 is 0 Å². The SMILES string of the molecule is COCC1OC(C)C(C)C1C(C)N=[N+]=[N-]. The molecule has 5 unspecified atom stereocenters. The molecule has 1 saturated heterocycles.